The molecule has 0 spiro atoms. The molecule has 7 aromatic carbocycles. The first-order valence-corrected chi connectivity index (χ1v) is 19.6. The van der Waals surface area contributed by atoms with Crippen LogP contribution in [0.2, 0.25) is 0 Å². The van der Waals surface area contributed by atoms with Crippen LogP contribution in [0, 0.1) is 0 Å². The fraction of sp³-hybridized carbons (Fsp3) is 0. The van der Waals surface area contributed by atoms with Crippen molar-refractivity contribution in [2.45, 2.75) is 0 Å². The van der Waals surface area contributed by atoms with E-state index >= 15 is 0 Å². The second kappa shape index (κ2) is 12.3. The zero-order chi connectivity index (χ0) is 34.5. The molecule has 52 heavy (non-hydrogen) atoms. The molecule has 5 heteroatoms. The lowest BCUT2D eigenvalue weighted by molar-refractivity contribution is 1.07. The van der Waals surface area contributed by atoms with Crippen molar-refractivity contribution in [2.24, 2.45) is 0 Å². The summed E-state index contributed by atoms with van der Waals surface area (Å²) in [6, 6.07) is 69.4. The zero-order valence-corrected chi connectivity index (χ0v) is 29.3. The SMILES string of the molecule is c1ccc(-c2nc(-c3ccccc3)nc(-c3ccc4c5c(n(-c6ccccc6)c4c3)-c3ccccc3[Si]5(c3ccccc3)c3ccccc3)n2)cc1. The van der Waals surface area contributed by atoms with Crippen LogP contribution in [-0.4, -0.2) is 27.6 Å². The third kappa shape index (κ3) is 4.64. The monoisotopic (exact) mass is 680 g/mol. The van der Waals surface area contributed by atoms with E-state index in [0.29, 0.717) is 17.5 Å². The molecule has 0 bridgehead atoms. The van der Waals surface area contributed by atoms with Crippen LogP contribution in [-0.2, 0) is 0 Å². The Kier molecular flexibility index (Phi) is 7.11. The molecule has 10 rings (SSSR count). The van der Waals surface area contributed by atoms with E-state index in [9.17, 15) is 0 Å². The molecule has 0 saturated heterocycles. The molecule has 0 saturated carbocycles. The summed E-state index contributed by atoms with van der Waals surface area (Å²) in [5.41, 5.74) is 7.66. The molecule has 0 radical (unpaired) electrons. The third-order valence-corrected chi connectivity index (χ3v) is 15.2. The quantitative estimate of drug-likeness (QED) is 0.167. The van der Waals surface area contributed by atoms with E-state index in [2.05, 4.69) is 162 Å². The van der Waals surface area contributed by atoms with Gasteiger partial charge in [0.05, 0.1) is 11.2 Å². The average molecular weight is 681 g/mol. The number of fused-ring (bicyclic) bond motifs is 5. The van der Waals surface area contributed by atoms with Gasteiger partial charge in [0.2, 0.25) is 0 Å². The van der Waals surface area contributed by atoms with Crippen molar-refractivity contribution in [1.29, 1.82) is 0 Å². The van der Waals surface area contributed by atoms with E-state index in [1.165, 1.54) is 37.4 Å². The van der Waals surface area contributed by atoms with Crippen molar-refractivity contribution in [1.82, 2.24) is 19.5 Å². The molecule has 3 heterocycles. The maximum atomic E-state index is 5.11. The molecule has 0 unspecified atom stereocenters. The molecular weight excluding hydrogens is 649 g/mol. The van der Waals surface area contributed by atoms with Crippen LogP contribution in [0.25, 0.3) is 62.0 Å². The molecule has 0 atom stereocenters. The Hall–Kier alpha value is -6.69. The summed E-state index contributed by atoms with van der Waals surface area (Å²) in [5, 5.41) is 6.84. The minimum absolute atomic E-state index is 0.644. The molecule has 0 N–H and O–H groups in total. The molecule has 1 aliphatic rings. The van der Waals surface area contributed by atoms with E-state index in [1.54, 1.807) is 0 Å². The smallest absolute Gasteiger partial charge is 0.183 e. The zero-order valence-electron chi connectivity index (χ0n) is 28.3. The number of nitrogens with zero attached hydrogens (tertiary/aromatic N) is 4. The lowest BCUT2D eigenvalue weighted by atomic mass is 10.1. The van der Waals surface area contributed by atoms with Crippen molar-refractivity contribution in [3.8, 4) is 51.1 Å². The Morgan fingerprint density at radius 2 is 0.865 bits per heavy atom. The average Bonchev–Trinajstić information content (AvgIpc) is 3.73. The summed E-state index contributed by atoms with van der Waals surface area (Å²) >= 11 is 0. The van der Waals surface area contributed by atoms with Gasteiger partial charge in [0.25, 0.3) is 0 Å². The highest BCUT2D eigenvalue weighted by Gasteiger charge is 2.51. The molecule has 1 aliphatic heterocycles. The van der Waals surface area contributed by atoms with Gasteiger partial charge in [-0.3, -0.25) is 0 Å². The second-order valence-corrected chi connectivity index (χ2v) is 16.9. The summed E-state index contributed by atoms with van der Waals surface area (Å²) in [7, 11) is -2.77. The van der Waals surface area contributed by atoms with Crippen molar-refractivity contribution < 1.29 is 0 Å². The first kappa shape index (κ1) is 30.2. The molecule has 244 valence electrons. The van der Waals surface area contributed by atoms with Crippen LogP contribution in [0.5, 0.6) is 0 Å². The van der Waals surface area contributed by atoms with Gasteiger partial charge < -0.3 is 4.57 Å². The van der Waals surface area contributed by atoms with E-state index in [0.717, 1.165) is 27.9 Å². The topological polar surface area (TPSA) is 43.6 Å². The number of benzene rings is 7. The lowest BCUT2D eigenvalue weighted by Gasteiger charge is -2.31. The van der Waals surface area contributed by atoms with Gasteiger partial charge in [-0.15, -0.1) is 0 Å². The number of rotatable bonds is 6. The largest absolute Gasteiger partial charge is 0.309 e. The van der Waals surface area contributed by atoms with Crippen LogP contribution < -0.4 is 20.7 Å². The lowest BCUT2D eigenvalue weighted by Crippen LogP contribution is -2.72. The molecule has 0 aliphatic carbocycles. The van der Waals surface area contributed by atoms with Crippen LogP contribution in [0.3, 0.4) is 0 Å². The fourth-order valence-electron chi connectivity index (χ4n) is 8.14. The van der Waals surface area contributed by atoms with Crippen LogP contribution in [0.4, 0.5) is 0 Å². The Balaban J connectivity index is 1.31. The van der Waals surface area contributed by atoms with E-state index in [4.69, 9.17) is 15.0 Å². The maximum Gasteiger partial charge on any atom is 0.183 e. The molecule has 0 fully saturated rings. The predicted molar refractivity (Wildman–Crippen MR) is 216 cm³/mol. The second-order valence-electron chi connectivity index (χ2n) is 13.2. The van der Waals surface area contributed by atoms with Gasteiger partial charge in [-0.05, 0) is 44.5 Å². The number of para-hydroxylation sites is 1. The van der Waals surface area contributed by atoms with Crippen molar-refractivity contribution >= 4 is 39.7 Å². The third-order valence-electron chi connectivity index (χ3n) is 10.3. The van der Waals surface area contributed by atoms with E-state index in [-0.39, 0.29) is 0 Å². The highest BCUT2D eigenvalue weighted by molar-refractivity contribution is 7.23. The molecule has 9 aromatic rings. The summed E-state index contributed by atoms with van der Waals surface area (Å²) in [6.07, 6.45) is 0. The van der Waals surface area contributed by atoms with Crippen molar-refractivity contribution in [3.63, 3.8) is 0 Å². The highest BCUT2D eigenvalue weighted by atomic mass is 28.3. The molecular formula is C47H32N4Si. The number of hydrogen-bond donors (Lipinski definition) is 0. The number of aromatic nitrogens is 4. The fourth-order valence-corrected chi connectivity index (χ4v) is 13.5. The number of hydrogen-bond acceptors (Lipinski definition) is 3. The Morgan fingerprint density at radius 3 is 1.42 bits per heavy atom. The first-order chi connectivity index (χ1) is 25.8. The van der Waals surface area contributed by atoms with Crippen molar-refractivity contribution in [2.75, 3.05) is 0 Å². The molecule has 2 aromatic heterocycles. The van der Waals surface area contributed by atoms with E-state index in [1.807, 2.05) is 36.4 Å². The summed E-state index contributed by atoms with van der Waals surface area (Å²) in [5.74, 6) is 1.95. The minimum Gasteiger partial charge on any atom is -0.309 e. The first-order valence-electron chi connectivity index (χ1n) is 17.6. The molecule has 4 nitrogen and oxygen atoms in total. The van der Waals surface area contributed by atoms with Gasteiger partial charge in [0.1, 0.15) is 0 Å². The Bertz CT molecular complexity index is 2610. The van der Waals surface area contributed by atoms with Crippen LogP contribution >= 0.6 is 0 Å². The summed E-state index contributed by atoms with van der Waals surface area (Å²) < 4.78 is 2.48. The summed E-state index contributed by atoms with van der Waals surface area (Å²) in [6.45, 7) is 0. The van der Waals surface area contributed by atoms with E-state index < -0.39 is 8.07 Å². The Morgan fingerprint density at radius 1 is 0.404 bits per heavy atom. The normalized spacial score (nSPS) is 12.8. The van der Waals surface area contributed by atoms with Crippen LogP contribution in [0.15, 0.2) is 194 Å². The highest BCUT2D eigenvalue weighted by Crippen LogP contribution is 2.38. The van der Waals surface area contributed by atoms with Gasteiger partial charge >= 0.3 is 0 Å². The summed E-state index contributed by atoms with van der Waals surface area (Å²) in [4.78, 5) is 15.2. The van der Waals surface area contributed by atoms with Gasteiger partial charge in [0.15, 0.2) is 25.5 Å². The van der Waals surface area contributed by atoms with Crippen molar-refractivity contribution in [3.05, 3.63) is 194 Å². The standard InChI is InChI=1S/C47H32N4Si/c1-6-18-33(19-7-1)45-48-46(34-20-8-2-9-21-34)50-47(49-45)35-30-31-39-41(32-35)51(36-22-10-3-11-23-36)43-40-28-16-17-29-42(40)52(44(39)43,37-24-12-4-13-25-37)38-26-14-5-15-27-38/h1-32H. The maximum absolute atomic E-state index is 5.11. The van der Waals surface area contributed by atoms with Gasteiger partial charge in [0, 0.05) is 27.8 Å². The Labute approximate surface area is 303 Å². The predicted octanol–water partition coefficient (Wildman–Crippen LogP) is 8.17. The van der Waals surface area contributed by atoms with Gasteiger partial charge in [-0.2, -0.15) is 0 Å². The molecule has 0 amide bonds. The van der Waals surface area contributed by atoms with Crippen LogP contribution in [0.1, 0.15) is 0 Å². The van der Waals surface area contributed by atoms with Gasteiger partial charge in [-0.25, -0.2) is 15.0 Å². The van der Waals surface area contributed by atoms with Gasteiger partial charge in [-0.1, -0.05) is 176 Å². The minimum atomic E-state index is -2.77.